The number of hydrogen-bond donors (Lipinski definition) is 1. The maximum Gasteiger partial charge on any atom is 0.0947 e. The van der Waals surface area contributed by atoms with Crippen molar-refractivity contribution in [2.24, 2.45) is 5.73 Å². The van der Waals surface area contributed by atoms with E-state index in [9.17, 15) is 0 Å². The molecular formula is C12H22N2O. The van der Waals surface area contributed by atoms with Gasteiger partial charge in [0.2, 0.25) is 0 Å². The van der Waals surface area contributed by atoms with E-state index in [4.69, 9.17) is 10.2 Å². The van der Waals surface area contributed by atoms with Gasteiger partial charge in [0, 0.05) is 12.1 Å². The van der Waals surface area contributed by atoms with Gasteiger partial charge in [-0.15, -0.1) is 0 Å². The van der Waals surface area contributed by atoms with Crippen LogP contribution in [-0.2, 0) is 6.54 Å². The molecule has 0 radical (unpaired) electrons. The average molecular weight is 210 g/mol. The fourth-order valence-electron chi connectivity index (χ4n) is 1.65. The van der Waals surface area contributed by atoms with Crippen molar-refractivity contribution in [3.63, 3.8) is 0 Å². The van der Waals surface area contributed by atoms with Gasteiger partial charge in [-0.3, -0.25) is 0 Å². The zero-order valence-corrected chi connectivity index (χ0v) is 9.61. The second-order valence-corrected chi connectivity index (χ2v) is 4.07. The third-order valence-corrected chi connectivity index (χ3v) is 2.53. The number of furan rings is 1. The molecule has 1 rings (SSSR count). The minimum atomic E-state index is 0.824. The summed E-state index contributed by atoms with van der Waals surface area (Å²) in [5.74, 6) is 0. The van der Waals surface area contributed by atoms with Crippen LogP contribution in [0.5, 0.6) is 0 Å². The van der Waals surface area contributed by atoms with Crippen molar-refractivity contribution in [1.82, 2.24) is 4.90 Å². The summed E-state index contributed by atoms with van der Waals surface area (Å²) in [5, 5.41) is 0. The van der Waals surface area contributed by atoms with Crippen molar-refractivity contribution in [2.45, 2.75) is 32.2 Å². The third kappa shape index (κ3) is 5.60. The van der Waals surface area contributed by atoms with E-state index in [2.05, 4.69) is 11.9 Å². The molecule has 2 N–H and O–H groups in total. The Morgan fingerprint density at radius 2 is 2.07 bits per heavy atom. The lowest BCUT2D eigenvalue weighted by Crippen LogP contribution is -2.18. The maximum absolute atomic E-state index is 5.44. The molecule has 1 aromatic rings. The van der Waals surface area contributed by atoms with Gasteiger partial charge in [-0.25, -0.2) is 0 Å². The second-order valence-electron chi connectivity index (χ2n) is 4.07. The lowest BCUT2D eigenvalue weighted by atomic mass is 10.2. The Bertz CT molecular complexity index is 234. The molecule has 86 valence electrons. The van der Waals surface area contributed by atoms with E-state index in [1.54, 1.807) is 6.26 Å². The van der Waals surface area contributed by atoms with Crippen LogP contribution in [0.1, 0.15) is 31.2 Å². The van der Waals surface area contributed by atoms with Crippen molar-refractivity contribution >= 4 is 0 Å². The fourth-order valence-corrected chi connectivity index (χ4v) is 1.65. The highest BCUT2D eigenvalue weighted by molar-refractivity contribution is 5.04. The molecule has 0 aliphatic rings. The quantitative estimate of drug-likeness (QED) is 0.669. The molecule has 0 amide bonds. The second kappa shape index (κ2) is 7.49. The summed E-state index contributed by atoms with van der Waals surface area (Å²) in [5.41, 5.74) is 6.69. The molecule has 0 saturated carbocycles. The lowest BCUT2D eigenvalue weighted by Gasteiger charge is -2.14. The topological polar surface area (TPSA) is 42.4 Å². The Morgan fingerprint density at radius 3 is 2.73 bits per heavy atom. The van der Waals surface area contributed by atoms with Crippen molar-refractivity contribution in [2.75, 3.05) is 20.1 Å². The van der Waals surface area contributed by atoms with Gasteiger partial charge in [-0.2, -0.15) is 0 Å². The van der Waals surface area contributed by atoms with Crippen LogP contribution in [0.25, 0.3) is 0 Å². The van der Waals surface area contributed by atoms with Gasteiger partial charge in [0.05, 0.1) is 12.5 Å². The van der Waals surface area contributed by atoms with Crippen LogP contribution >= 0.6 is 0 Å². The molecule has 3 nitrogen and oxygen atoms in total. The smallest absolute Gasteiger partial charge is 0.0947 e. The molecule has 1 aromatic heterocycles. The molecular weight excluding hydrogens is 188 g/mol. The summed E-state index contributed by atoms with van der Waals surface area (Å²) >= 11 is 0. The van der Waals surface area contributed by atoms with Gasteiger partial charge < -0.3 is 15.1 Å². The van der Waals surface area contributed by atoms with Crippen molar-refractivity contribution in [3.05, 3.63) is 24.2 Å². The van der Waals surface area contributed by atoms with Crippen LogP contribution < -0.4 is 5.73 Å². The van der Waals surface area contributed by atoms with E-state index in [0.717, 1.165) is 26.1 Å². The third-order valence-electron chi connectivity index (χ3n) is 2.53. The predicted molar refractivity (Wildman–Crippen MR) is 62.6 cm³/mol. The van der Waals surface area contributed by atoms with Crippen molar-refractivity contribution < 1.29 is 4.42 Å². The Labute approximate surface area is 92.2 Å². The van der Waals surface area contributed by atoms with Crippen LogP contribution in [0.3, 0.4) is 0 Å². The Hall–Kier alpha value is -0.800. The van der Waals surface area contributed by atoms with Crippen LogP contribution in [0.4, 0.5) is 0 Å². The lowest BCUT2D eigenvalue weighted by molar-refractivity contribution is 0.316. The minimum Gasteiger partial charge on any atom is -0.472 e. The first kappa shape index (κ1) is 12.3. The Kier molecular flexibility index (Phi) is 6.12. The molecule has 0 aromatic carbocycles. The van der Waals surface area contributed by atoms with Gasteiger partial charge >= 0.3 is 0 Å². The average Bonchev–Trinajstić information content (AvgIpc) is 2.70. The monoisotopic (exact) mass is 210 g/mol. The SMILES string of the molecule is CN(CCCCCCN)Cc1ccoc1. The molecule has 3 heteroatoms. The first-order chi connectivity index (χ1) is 7.33. The van der Waals surface area contributed by atoms with E-state index in [1.807, 2.05) is 12.3 Å². The largest absolute Gasteiger partial charge is 0.472 e. The van der Waals surface area contributed by atoms with E-state index < -0.39 is 0 Å². The zero-order chi connectivity index (χ0) is 10.9. The minimum absolute atomic E-state index is 0.824. The summed E-state index contributed by atoms with van der Waals surface area (Å²) < 4.78 is 5.03. The highest BCUT2D eigenvalue weighted by Gasteiger charge is 2.00. The van der Waals surface area contributed by atoms with Crippen molar-refractivity contribution in [1.29, 1.82) is 0 Å². The molecule has 1 heterocycles. The van der Waals surface area contributed by atoms with Crippen molar-refractivity contribution in [3.8, 4) is 0 Å². The molecule has 0 bridgehead atoms. The van der Waals surface area contributed by atoms with Gasteiger partial charge in [0.1, 0.15) is 0 Å². The molecule has 0 aliphatic carbocycles. The summed E-state index contributed by atoms with van der Waals surface area (Å²) in [4.78, 5) is 2.33. The normalized spacial score (nSPS) is 11.1. The van der Waals surface area contributed by atoms with Gasteiger partial charge in [0.15, 0.2) is 0 Å². The number of nitrogens with zero attached hydrogens (tertiary/aromatic N) is 1. The van der Waals surface area contributed by atoms with Crippen LogP contribution in [-0.4, -0.2) is 25.0 Å². The molecule has 0 saturated heterocycles. The zero-order valence-electron chi connectivity index (χ0n) is 9.61. The molecule has 0 spiro atoms. The van der Waals surface area contributed by atoms with E-state index in [-0.39, 0.29) is 0 Å². The number of hydrogen-bond acceptors (Lipinski definition) is 3. The molecule has 0 unspecified atom stereocenters. The maximum atomic E-state index is 5.44. The number of unbranched alkanes of at least 4 members (excludes halogenated alkanes) is 3. The highest BCUT2D eigenvalue weighted by atomic mass is 16.3. The van der Waals surface area contributed by atoms with E-state index in [1.165, 1.54) is 24.8 Å². The summed E-state index contributed by atoms with van der Waals surface area (Å²) in [6, 6.07) is 2.02. The summed E-state index contributed by atoms with van der Waals surface area (Å²) in [7, 11) is 2.15. The summed E-state index contributed by atoms with van der Waals surface area (Å²) in [6.07, 6.45) is 8.50. The predicted octanol–water partition coefficient (Wildman–Crippen LogP) is 2.23. The summed E-state index contributed by atoms with van der Waals surface area (Å²) in [6.45, 7) is 2.95. The number of nitrogens with two attached hydrogens (primary N) is 1. The molecule has 15 heavy (non-hydrogen) atoms. The van der Waals surface area contributed by atoms with Gasteiger partial charge in [-0.05, 0) is 39.0 Å². The first-order valence-corrected chi connectivity index (χ1v) is 5.72. The van der Waals surface area contributed by atoms with Crippen LogP contribution in [0, 0.1) is 0 Å². The molecule has 0 aliphatic heterocycles. The van der Waals surface area contributed by atoms with E-state index in [0.29, 0.717) is 0 Å². The van der Waals surface area contributed by atoms with E-state index >= 15 is 0 Å². The standard InChI is InChI=1S/C12H22N2O/c1-14(8-5-3-2-4-7-13)10-12-6-9-15-11-12/h6,9,11H,2-5,7-8,10,13H2,1H3. The first-order valence-electron chi connectivity index (χ1n) is 5.72. The number of rotatable bonds is 8. The van der Waals surface area contributed by atoms with Gasteiger partial charge in [-0.1, -0.05) is 12.8 Å². The Morgan fingerprint density at radius 1 is 1.27 bits per heavy atom. The Balaban J connectivity index is 2.01. The van der Waals surface area contributed by atoms with Crippen LogP contribution in [0.15, 0.2) is 23.0 Å². The highest BCUT2D eigenvalue weighted by Crippen LogP contribution is 2.05. The molecule has 0 fully saturated rings. The fraction of sp³-hybridized carbons (Fsp3) is 0.667. The van der Waals surface area contributed by atoms with Crippen LogP contribution in [0.2, 0.25) is 0 Å². The molecule has 0 atom stereocenters. The van der Waals surface area contributed by atoms with Gasteiger partial charge in [0.25, 0.3) is 0 Å².